The van der Waals surface area contributed by atoms with Gasteiger partial charge in [-0.3, -0.25) is 0 Å². The molecule has 1 aromatic rings. The third-order valence-corrected chi connectivity index (χ3v) is 4.00. The molecule has 2 nitrogen and oxygen atoms in total. The van der Waals surface area contributed by atoms with E-state index in [1.807, 2.05) is 0 Å². The molecule has 1 aliphatic heterocycles. The zero-order valence-corrected chi connectivity index (χ0v) is 10.4. The lowest BCUT2D eigenvalue weighted by Gasteiger charge is -2.25. The van der Waals surface area contributed by atoms with Gasteiger partial charge in [-0.15, -0.1) is 0 Å². The SMILES string of the molecule is c1cc2c(cc1CCNCC1CCC1)CCO2. The summed E-state index contributed by atoms with van der Waals surface area (Å²) in [5.74, 6) is 2.06. The Hall–Kier alpha value is -1.02. The molecule has 0 aromatic heterocycles. The second-order valence-electron chi connectivity index (χ2n) is 5.29. The van der Waals surface area contributed by atoms with Gasteiger partial charge in [0.25, 0.3) is 0 Å². The number of hydrogen-bond donors (Lipinski definition) is 1. The molecule has 2 heteroatoms. The summed E-state index contributed by atoms with van der Waals surface area (Å²) in [7, 11) is 0. The number of fused-ring (bicyclic) bond motifs is 1. The van der Waals surface area contributed by atoms with Crippen molar-refractivity contribution in [2.75, 3.05) is 19.7 Å². The minimum atomic E-state index is 0.860. The lowest BCUT2D eigenvalue weighted by Crippen LogP contribution is -2.28. The van der Waals surface area contributed by atoms with Crippen LogP contribution in [-0.4, -0.2) is 19.7 Å². The average Bonchev–Trinajstić information content (AvgIpc) is 2.73. The van der Waals surface area contributed by atoms with E-state index in [9.17, 15) is 0 Å². The monoisotopic (exact) mass is 231 g/mol. The van der Waals surface area contributed by atoms with Crippen LogP contribution in [0.25, 0.3) is 0 Å². The first-order chi connectivity index (χ1) is 8.42. The first kappa shape index (κ1) is 11.1. The van der Waals surface area contributed by atoms with Crippen molar-refractivity contribution < 1.29 is 4.74 Å². The average molecular weight is 231 g/mol. The lowest BCUT2D eigenvalue weighted by atomic mass is 9.85. The van der Waals surface area contributed by atoms with Gasteiger partial charge in [-0.2, -0.15) is 0 Å². The summed E-state index contributed by atoms with van der Waals surface area (Å²) in [6, 6.07) is 6.64. The van der Waals surface area contributed by atoms with Gasteiger partial charge < -0.3 is 10.1 Å². The molecule has 3 rings (SSSR count). The van der Waals surface area contributed by atoms with Crippen LogP contribution in [0.2, 0.25) is 0 Å². The van der Waals surface area contributed by atoms with Crippen molar-refractivity contribution in [2.24, 2.45) is 5.92 Å². The van der Waals surface area contributed by atoms with Gasteiger partial charge in [0.1, 0.15) is 5.75 Å². The van der Waals surface area contributed by atoms with E-state index in [2.05, 4.69) is 23.5 Å². The van der Waals surface area contributed by atoms with E-state index in [1.165, 1.54) is 36.9 Å². The van der Waals surface area contributed by atoms with Crippen LogP contribution < -0.4 is 10.1 Å². The minimum Gasteiger partial charge on any atom is -0.493 e. The fourth-order valence-corrected chi connectivity index (χ4v) is 2.63. The van der Waals surface area contributed by atoms with Crippen molar-refractivity contribution in [3.8, 4) is 5.75 Å². The van der Waals surface area contributed by atoms with E-state index < -0.39 is 0 Å². The van der Waals surface area contributed by atoms with E-state index in [0.717, 1.165) is 37.7 Å². The largest absolute Gasteiger partial charge is 0.493 e. The second-order valence-corrected chi connectivity index (χ2v) is 5.29. The summed E-state index contributed by atoms with van der Waals surface area (Å²) < 4.78 is 5.52. The molecule has 1 aliphatic carbocycles. The maximum absolute atomic E-state index is 5.52. The van der Waals surface area contributed by atoms with Crippen molar-refractivity contribution in [1.29, 1.82) is 0 Å². The molecule has 1 aromatic carbocycles. The number of rotatable bonds is 5. The summed E-state index contributed by atoms with van der Waals surface area (Å²) in [5, 5.41) is 3.57. The molecule has 2 aliphatic rings. The standard InChI is InChI=1S/C15H21NO/c1-2-13(3-1)11-16-8-6-12-4-5-15-14(10-12)7-9-17-15/h4-5,10,13,16H,1-3,6-9,11H2. The van der Waals surface area contributed by atoms with E-state index in [1.54, 1.807) is 0 Å². The molecular formula is C15H21NO. The Morgan fingerprint density at radius 2 is 2.24 bits per heavy atom. The summed E-state index contributed by atoms with van der Waals surface area (Å²) in [6.45, 7) is 3.18. The summed E-state index contributed by atoms with van der Waals surface area (Å²) in [4.78, 5) is 0. The molecule has 0 unspecified atom stereocenters. The van der Waals surface area contributed by atoms with Gasteiger partial charge in [0.15, 0.2) is 0 Å². The Morgan fingerprint density at radius 3 is 3.06 bits per heavy atom. The predicted octanol–water partition coefficient (Wildman–Crippen LogP) is 2.55. The molecular weight excluding hydrogens is 210 g/mol. The van der Waals surface area contributed by atoms with Crippen molar-refractivity contribution in [2.45, 2.75) is 32.1 Å². The second kappa shape index (κ2) is 5.09. The Morgan fingerprint density at radius 1 is 1.29 bits per heavy atom. The smallest absolute Gasteiger partial charge is 0.122 e. The van der Waals surface area contributed by atoms with E-state index in [-0.39, 0.29) is 0 Å². The van der Waals surface area contributed by atoms with Gasteiger partial charge in [-0.25, -0.2) is 0 Å². The number of hydrogen-bond acceptors (Lipinski definition) is 2. The Bertz CT molecular complexity index is 385. The van der Waals surface area contributed by atoms with Crippen LogP contribution in [0, 0.1) is 5.92 Å². The minimum absolute atomic E-state index is 0.860. The number of ether oxygens (including phenoxy) is 1. The molecule has 0 bridgehead atoms. The molecule has 0 saturated heterocycles. The molecule has 0 atom stereocenters. The van der Waals surface area contributed by atoms with Gasteiger partial charge >= 0.3 is 0 Å². The molecule has 1 N–H and O–H groups in total. The summed E-state index contributed by atoms with van der Waals surface area (Å²) >= 11 is 0. The third-order valence-electron chi connectivity index (χ3n) is 4.00. The van der Waals surface area contributed by atoms with Crippen LogP contribution in [0.5, 0.6) is 5.75 Å². The van der Waals surface area contributed by atoms with Crippen molar-refractivity contribution in [3.63, 3.8) is 0 Å². The Labute approximate surface area is 103 Å². The first-order valence-corrected chi connectivity index (χ1v) is 6.87. The fourth-order valence-electron chi connectivity index (χ4n) is 2.63. The van der Waals surface area contributed by atoms with Crippen LogP contribution in [0.3, 0.4) is 0 Å². The third kappa shape index (κ3) is 2.63. The maximum Gasteiger partial charge on any atom is 0.122 e. The molecule has 0 spiro atoms. The first-order valence-electron chi connectivity index (χ1n) is 6.87. The Kier molecular flexibility index (Phi) is 3.32. The zero-order chi connectivity index (χ0) is 11.5. The van der Waals surface area contributed by atoms with E-state index in [0.29, 0.717) is 0 Å². The highest BCUT2D eigenvalue weighted by atomic mass is 16.5. The van der Waals surface area contributed by atoms with Crippen molar-refractivity contribution >= 4 is 0 Å². The van der Waals surface area contributed by atoms with Crippen LogP contribution in [0.1, 0.15) is 30.4 Å². The lowest BCUT2D eigenvalue weighted by molar-refractivity contribution is 0.303. The van der Waals surface area contributed by atoms with Crippen LogP contribution in [0.4, 0.5) is 0 Å². The van der Waals surface area contributed by atoms with Crippen molar-refractivity contribution in [1.82, 2.24) is 5.32 Å². The van der Waals surface area contributed by atoms with Crippen LogP contribution in [-0.2, 0) is 12.8 Å². The van der Waals surface area contributed by atoms with Crippen LogP contribution >= 0.6 is 0 Å². The molecule has 0 radical (unpaired) electrons. The Balaban J connectivity index is 1.44. The molecule has 17 heavy (non-hydrogen) atoms. The fraction of sp³-hybridized carbons (Fsp3) is 0.600. The van der Waals surface area contributed by atoms with E-state index >= 15 is 0 Å². The highest BCUT2D eigenvalue weighted by Crippen LogP contribution is 2.26. The van der Waals surface area contributed by atoms with E-state index in [4.69, 9.17) is 4.74 Å². The summed E-state index contributed by atoms with van der Waals surface area (Å²) in [6.07, 6.45) is 6.53. The predicted molar refractivity (Wildman–Crippen MR) is 69.6 cm³/mol. The van der Waals surface area contributed by atoms with Gasteiger partial charge in [0.05, 0.1) is 6.61 Å². The van der Waals surface area contributed by atoms with Crippen LogP contribution in [0.15, 0.2) is 18.2 Å². The highest BCUT2D eigenvalue weighted by Gasteiger charge is 2.16. The summed E-state index contributed by atoms with van der Waals surface area (Å²) in [5.41, 5.74) is 2.83. The molecule has 1 fully saturated rings. The molecule has 0 amide bonds. The molecule has 1 heterocycles. The van der Waals surface area contributed by atoms with Gasteiger partial charge in [-0.05, 0) is 55.5 Å². The number of nitrogens with one attached hydrogen (secondary N) is 1. The van der Waals surface area contributed by atoms with Gasteiger partial charge in [0.2, 0.25) is 0 Å². The van der Waals surface area contributed by atoms with Gasteiger partial charge in [0, 0.05) is 6.42 Å². The topological polar surface area (TPSA) is 21.3 Å². The maximum atomic E-state index is 5.52. The zero-order valence-electron chi connectivity index (χ0n) is 10.4. The highest BCUT2D eigenvalue weighted by molar-refractivity contribution is 5.39. The quantitative estimate of drug-likeness (QED) is 0.786. The van der Waals surface area contributed by atoms with Gasteiger partial charge in [-0.1, -0.05) is 18.6 Å². The van der Waals surface area contributed by atoms with Crippen molar-refractivity contribution in [3.05, 3.63) is 29.3 Å². The number of benzene rings is 1. The molecule has 1 saturated carbocycles. The molecule has 92 valence electrons. The normalized spacial score (nSPS) is 18.6.